The first-order chi connectivity index (χ1) is 10.3. The number of hydrogen-bond acceptors (Lipinski definition) is 3. The van der Waals surface area contributed by atoms with Crippen LogP contribution in [0, 0.1) is 11.3 Å². The predicted octanol–water partition coefficient (Wildman–Crippen LogP) is 3.27. The van der Waals surface area contributed by atoms with Gasteiger partial charge >= 0.3 is 6.09 Å². The van der Waals surface area contributed by atoms with Crippen LogP contribution in [0.3, 0.4) is 0 Å². The summed E-state index contributed by atoms with van der Waals surface area (Å²) in [5.41, 5.74) is 1.05. The second kappa shape index (κ2) is 5.41. The summed E-state index contributed by atoms with van der Waals surface area (Å²) in [5.74, 6) is 0.290. The molecule has 2 atom stereocenters. The summed E-state index contributed by atoms with van der Waals surface area (Å²) in [7, 11) is 0. The Morgan fingerprint density at radius 2 is 2.05 bits per heavy atom. The lowest BCUT2D eigenvalue weighted by Crippen LogP contribution is -2.45. The van der Waals surface area contributed by atoms with Crippen LogP contribution >= 0.6 is 0 Å². The van der Waals surface area contributed by atoms with Crippen molar-refractivity contribution < 1.29 is 14.6 Å². The minimum atomic E-state index is -0.447. The first kappa shape index (κ1) is 15.6. The molecule has 0 aromatic heterocycles. The smallest absolute Gasteiger partial charge is 0.410 e. The lowest BCUT2D eigenvalue weighted by molar-refractivity contribution is 0.0123. The average molecular weight is 305 g/mol. The highest BCUT2D eigenvalue weighted by molar-refractivity contribution is 5.68. The van der Waals surface area contributed by atoms with Gasteiger partial charge in [0.2, 0.25) is 0 Å². The maximum atomic E-state index is 12.2. The first-order valence-corrected chi connectivity index (χ1v) is 8.34. The molecule has 0 bridgehead atoms. The number of fused-ring (bicyclic) bond motifs is 2. The lowest BCUT2D eigenvalue weighted by Gasteiger charge is -2.41. The van der Waals surface area contributed by atoms with Gasteiger partial charge in [0.1, 0.15) is 5.60 Å². The van der Waals surface area contributed by atoms with Crippen LogP contribution in [-0.2, 0) is 4.74 Å². The highest BCUT2D eigenvalue weighted by Crippen LogP contribution is 2.54. The van der Waals surface area contributed by atoms with E-state index in [9.17, 15) is 9.90 Å². The van der Waals surface area contributed by atoms with Gasteiger partial charge in [-0.25, -0.2) is 4.79 Å². The minimum Gasteiger partial charge on any atom is -0.444 e. The fourth-order valence-electron chi connectivity index (χ4n) is 4.18. The molecule has 1 aliphatic heterocycles. The van der Waals surface area contributed by atoms with Gasteiger partial charge in [0.25, 0.3) is 0 Å². The van der Waals surface area contributed by atoms with Crippen molar-refractivity contribution in [2.45, 2.75) is 58.2 Å². The third-order valence-corrected chi connectivity index (χ3v) is 5.25. The van der Waals surface area contributed by atoms with Crippen molar-refractivity contribution in [3.8, 4) is 0 Å². The molecule has 3 rings (SSSR count). The molecular weight excluding hydrogens is 278 g/mol. The van der Waals surface area contributed by atoms with Gasteiger partial charge in [-0.2, -0.15) is 0 Å². The Balaban J connectivity index is 1.68. The SMILES string of the molecule is CC(C)(C)OC(=O)N1CCC2(CC1)CC(O)C1CC=CC=C12. The molecular formula is C18H27NO3. The average Bonchev–Trinajstić information content (AvgIpc) is 2.71. The number of likely N-dealkylation sites (tertiary alicyclic amines) is 1. The molecule has 0 aromatic carbocycles. The summed E-state index contributed by atoms with van der Waals surface area (Å²) in [6, 6.07) is 0. The number of aliphatic hydroxyl groups excluding tert-OH is 1. The molecule has 2 fully saturated rings. The molecule has 0 radical (unpaired) electrons. The van der Waals surface area contributed by atoms with Gasteiger partial charge < -0.3 is 14.7 Å². The summed E-state index contributed by atoms with van der Waals surface area (Å²) < 4.78 is 5.47. The number of nitrogens with zero attached hydrogens (tertiary/aromatic N) is 1. The molecule has 4 nitrogen and oxygen atoms in total. The molecule has 1 saturated carbocycles. The standard InChI is InChI=1S/C18H27NO3/c1-17(2,3)22-16(21)19-10-8-18(9-11-19)12-15(20)13-6-4-5-7-14(13)18/h4-5,7,13,15,20H,6,8-12H2,1-3H3. The highest BCUT2D eigenvalue weighted by Gasteiger charge is 2.50. The summed E-state index contributed by atoms with van der Waals surface area (Å²) in [5, 5.41) is 10.4. The van der Waals surface area contributed by atoms with Crippen LogP contribution in [-0.4, -0.2) is 40.9 Å². The normalized spacial score (nSPS) is 30.2. The Labute approximate surface area is 132 Å². The third-order valence-electron chi connectivity index (χ3n) is 5.25. The Morgan fingerprint density at radius 1 is 1.36 bits per heavy atom. The van der Waals surface area contributed by atoms with E-state index in [1.165, 1.54) is 5.57 Å². The zero-order valence-corrected chi connectivity index (χ0v) is 13.8. The molecule has 1 saturated heterocycles. The van der Waals surface area contributed by atoms with Gasteiger partial charge in [-0.3, -0.25) is 0 Å². The van der Waals surface area contributed by atoms with Crippen molar-refractivity contribution >= 4 is 6.09 Å². The fraction of sp³-hybridized carbons (Fsp3) is 0.722. The van der Waals surface area contributed by atoms with Gasteiger partial charge in [0.05, 0.1) is 6.10 Å². The molecule has 0 aromatic rings. The number of allylic oxidation sites excluding steroid dienone is 3. The van der Waals surface area contributed by atoms with Crippen LogP contribution in [0.2, 0.25) is 0 Å². The Morgan fingerprint density at radius 3 is 2.68 bits per heavy atom. The van der Waals surface area contributed by atoms with Crippen LogP contribution in [0.4, 0.5) is 4.79 Å². The molecule has 122 valence electrons. The van der Waals surface area contributed by atoms with E-state index < -0.39 is 5.60 Å². The molecule has 4 heteroatoms. The number of rotatable bonds is 0. The van der Waals surface area contributed by atoms with E-state index in [1.54, 1.807) is 0 Å². The second-order valence-electron chi connectivity index (χ2n) is 7.91. The van der Waals surface area contributed by atoms with Gasteiger partial charge in [-0.15, -0.1) is 0 Å². The van der Waals surface area contributed by atoms with E-state index in [1.807, 2.05) is 25.7 Å². The maximum absolute atomic E-state index is 12.2. The number of amides is 1. The number of piperidine rings is 1. The molecule has 1 N–H and O–H groups in total. The van der Waals surface area contributed by atoms with Gasteiger partial charge in [-0.1, -0.05) is 23.8 Å². The van der Waals surface area contributed by atoms with E-state index in [0.717, 1.165) is 38.8 Å². The first-order valence-electron chi connectivity index (χ1n) is 8.34. The van der Waals surface area contributed by atoms with E-state index in [0.29, 0.717) is 0 Å². The van der Waals surface area contributed by atoms with E-state index in [2.05, 4.69) is 18.2 Å². The third kappa shape index (κ3) is 2.81. The quantitative estimate of drug-likeness (QED) is 0.747. The van der Waals surface area contributed by atoms with E-state index in [-0.39, 0.29) is 23.5 Å². The van der Waals surface area contributed by atoms with Gasteiger partial charge in [0, 0.05) is 19.0 Å². The molecule has 22 heavy (non-hydrogen) atoms. The summed E-state index contributed by atoms with van der Waals surface area (Å²) >= 11 is 0. The Kier molecular flexibility index (Phi) is 3.84. The minimum absolute atomic E-state index is 0.0906. The van der Waals surface area contributed by atoms with Crippen molar-refractivity contribution in [2.24, 2.45) is 11.3 Å². The zero-order valence-electron chi connectivity index (χ0n) is 13.8. The number of aliphatic hydroxyl groups is 1. The Hall–Kier alpha value is -1.29. The molecule has 2 unspecified atom stereocenters. The highest BCUT2D eigenvalue weighted by atomic mass is 16.6. The summed E-state index contributed by atoms with van der Waals surface area (Å²) in [6.45, 7) is 7.12. The number of carbonyl (C=O) groups is 1. The van der Waals surface area contributed by atoms with Crippen LogP contribution in [0.25, 0.3) is 0 Å². The summed E-state index contributed by atoms with van der Waals surface area (Å²) in [4.78, 5) is 14.0. The fourth-order valence-corrected chi connectivity index (χ4v) is 4.18. The van der Waals surface area contributed by atoms with E-state index in [4.69, 9.17) is 4.74 Å². The van der Waals surface area contributed by atoms with Crippen LogP contribution in [0.1, 0.15) is 46.5 Å². The predicted molar refractivity (Wildman–Crippen MR) is 85.4 cm³/mol. The van der Waals surface area contributed by atoms with E-state index >= 15 is 0 Å². The molecule has 1 amide bonds. The number of hydrogen-bond donors (Lipinski definition) is 1. The Bertz CT molecular complexity index is 507. The van der Waals surface area contributed by atoms with Gasteiger partial charge in [0.15, 0.2) is 0 Å². The van der Waals surface area contributed by atoms with Crippen molar-refractivity contribution in [2.75, 3.05) is 13.1 Å². The second-order valence-corrected chi connectivity index (χ2v) is 7.91. The maximum Gasteiger partial charge on any atom is 0.410 e. The van der Waals surface area contributed by atoms with Crippen molar-refractivity contribution in [1.29, 1.82) is 0 Å². The largest absolute Gasteiger partial charge is 0.444 e. The van der Waals surface area contributed by atoms with Crippen LogP contribution < -0.4 is 0 Å². The number of carbonyl (C=O) groups excluding carboxylic acids is 1. The molecule has 1 heterocycles. The van der Waals surface area contributed by atoms with Crippen LogP contribution in [0.5, 0.6) is 0 Å². The van der Waals surface area contributed by atoms with Crippen LogP contribution in [0.15, 0.2) is 23.8 Å². The topological polar surface area (TPSA) is 49.8 Å². The molecule has 3 aliphatic rings. The van der Waals surface area contributed by atoms with Crippen molar-refractivity contribution in [3.63, 3.8) is 0 Å². The number of ether oxygens (including phenoxy) is 1. The monoisotopic (exact) mass is 305 g/mol. The zero-order chi connectivity index (χ0) is 16.0. The van der Waals surface area contributed by atoms with Gasteiger partial charge in [-0.05, 0) is 51.9 Å². The molecule has 1 spiro atoms. The van der Waals surface area contributed by atoms with Crippen molar-refractivity contribution in [3.05, 3.63) is 23.8 Å². The molecule has 2 aliphatic carbocycles. The van der Waals surface area contributed by atoms with Crippen molar-refractivity contribution in [1.82, 2.24) is 4.90 Å². The summed E-state index contributed by atoms with van der Waals surface area (Å²) in [6.07, 6.45) is 9.67. The lowest BCUT2D eigenvalue weighted by atomic mass is 9.71.